The topological polar surface area (TPSA) is 38.7 Å². The number of hydrogen-bond acceptors (Lipinski definition) is 3. The lowest BCUT2D eigenvalue weighted by Crippen LogP contribution is -2.03. The molecule has 0 N–H and O–H groups in total. The second-order valence-electron chi connectivity index (χ2n) is 9.15. The third kappa shape index (κ3) is 3.75. The van der Waals surface area contributed by atoms with Crippen molar-refractivity contribution in [3.05, 3.63) is 121 Å². The summed E-state index contributed by atoms with van der Waals surface area (Å²) in [5.41, 5.74) is 3.49. The summed E-state index contributed by atoms with van der Waals surface area (Å²) in [4.78, 5) is 14.7. The van der Waals surface area contributed by atoms with Crippen molar-refractivity contribution in [1.29, 1.82) is 0 Å². The van der Waals surface area contributed by atoms with Crippen LogP contribution in [0.5, 0.6) is 0 Å². The van der Waals surface area contributed by atoms with Crippen LogP contribution in [0.2, 0.25) is 0 Å². The summed E-state index contributed by atoms with van der Waals surface area (Å²) < 4.78 is 0. The van der Waals surface area contributed by atoms with Gasteiger partial charge in [-0.3, -0.25) is 0 Å². The molecule has 1 aromatic heterocycles. The fourth-order valence-corrected chi connectivity index (χ4v) is 5.03. The van der Waals surface area contributed by atoms with Gasteiger partial charge in [0.15, 0.2) is 17.5 Å². The Morgan fingerprint density at radius 3 is 1.32 bits per heavy atom. The van der Waals surface area contributed by atoms with E-state index in [0.29, 0.717) is 22.9 Å². The molecule has 4 heteroatoms. The smallest absolute Gasteiger partial charge is 0.164 e. The fraction of sp³-hybridized carbons (Fsp3) is 0. The lowest BCUT2D eigenvalue weighted by molar-refractivity contribution is 1.07. The summed E-state index contributed by atoms with van der Waals surface area (Å²) in [6.07, 6.45) is 0. The summed E-state index contributed by atoms with van der Waals surface area (Å²) in [6, 6.07) is 41.3. The number of fused-ring (bicyclic) bond motifs is 6. The maximum absolute atomic E-state index is 5.93. The summed E-state index contributed by atoms with van der Waals surface area (Å²) in [5.74, 6) is 1.90. The zero-order chi connectivity index (χ0) is 24.8. The molecular weight excluding hydrogens is 449 g/mol. The molecule has 0 saturated carbocycles. The van der Waals surface area contributed by atoms with E-state index in [4.69, 9.17) is 22.8 Å². The number of aromatic nitrogens is 3. The highest BCUT2D eigenvalue weighted by atomic mass is 15.0. The van der Waals surface area contributed by atoms with Crippen LogP contribution >= 0.6 is 0 Å². The summed E-state index contributed by atoms with van der Waals surface area (Å²) in [5, 5.41) is 7.36. The molecule has 170 valence electrons. The van der Waals surface area contributed by atoms with Crippen molar-refractivity contribution < 1.29 is 0 Å². The molecule has 0 fully saturated rings. The minimum Gasteiger partial charge on any atom is -0.208 e. The van der Waals surface area contributed by atoms with Crippen LogP contribution in [-0.4, -0.2) is 22.8 Å². The highest BCUT2D eigenvalue weighted by Gasteiger charge is 2.14. The van der Waals surface area contributed by atoms with Crippen LogP contribution in [0.25, 0.3) is 66.5 Å². The quantitative estimate of drug-likeness (QED) is 0.204. The first-order valence-electron chi connectivity index (χ1n) is 12.3. The maximum Gasteiger partial charge on any atom is 0.164 e. The SMILES string of the molecule is [B]c1ccc(-c2nc(-c3ccccc3)nc(-c3ccc4c5ccccc5c5ccccc5c4c3)n2)cc1. The number of benzene rings is 6. The molecule has 37 heavy (non-hydrogen) atoms. The van der Waals surface area contributed by atoms with Crippen LogP contribution in [0.3, 0.4) is 0 Å². The molecule has 0 spiro atoms. The van der Waals surface area contributed by atoms with E-state index >= 15 is 0 Å². The van der Waals surface area contributed by atoms with Crippen LogP contribution in [0.4, 0.5) is 0 Å². The Morgan fingerprint density at radius 2 is 0.757 bits per heavy atom. The van der Waals surface area contributed by atoms with Crippen LogP contribution in [0, 0.1) is 0 Å². The van der Waals surface area contributed by atoms with Crippen molar-refractivity contribution in [1.82, 2.24) is 15.0 Å². The van der Waals surface area contributed by atoms with E-state index in [2.05, 4.69) is 66.7 Å². The second-order valence-corrected chi connectivity index (χ2v) is 9.15. The minimum absolute atomic E-state index is 0.618. The van der Waals surface area contributed by atoms with Crippen molar-refractivity contribution in [2.75, 3.05) is 0 Å². The van der Waals surface area contributed by atoms with Crippen molar-refractivity contribution in [2.45, 2.75) is 0 Å². The first-order valence-corrected chi connectivity index (χ1v) is 12.3. The normalized spacial score (nSPS) is 11.4. The summed E-state index contributed by atoms with van der Waals surface area (Å²) in [6.45, 7) is 0. The van der Waals surface area contributed by atoms with Gasteiger partial charge in [-0.15, -0.1) is 0 Å². The van der Waals surface area contributed by atoms with Gasteiger partial charge in [-0.1, -0.05) is 121 Å². The first-order chi connectivity index (χ1) is 18.2. The third-order valence-corrected chi connectivity index (χ3v) is 6.84. The zero-order valence-corrected chi connectivity index (χ0v) is 20.0. The van der Waals surface area contributed by atoms with Gasteiger partial charge in [0, 0.05) is 16.7 Å². The van der Waals surface area contributed by atoms with E-state index in [9.17, 15) is 0 Å². The van der Waals surface area contributed by atoms with E-state index in [1.807, 2.05) is 54.6 Å². The average Bonchev–Trinajstić information content (AvgIpc) is 2.98. The Morgan fingerprint density at radius 1 is 0.351 bits per heavy atom. The van der Waals surface area contributed by atoms with Gasteiger partial charge in [-0.25, -0.2) is 15.0 Å². The minimum atomic E-state index is 0.618. The monoisotopic (exact) mass is 469 g/mol. The van der Waals surface area contributed by atoms with E-state index in [-0.39, 0.29) is 0 Å². The molecule has 7 aromatic rings. The molecule has 0 atom stereocenters. The Labute approximate surface area is 215 Å². The van der Waals surface area contributed by atoms with Crippen LogP contribution < -0.4 is 5.46 Å². The molecule has 0 bridgehead atoms. The summed E-state index contributed by atoms with van der Waals surface area (Å²) >= 11 is 0. The molecule has 0 aliphatic carbocycles. The van der Waals surface area contributed by atoms with Gasteiger partial charge in [0.2, 0.25) is 0 Å². The summed E-state index contributed by atoms with van der Waals surface area (Å²) in [7, 11) is 5.93. The van der Waals surface area contributed by atoms with E-state index in [0.717, 1.165) is 16.7 Å². The Kier molecular flexibility index (Phi) is 5.04. The third-order valence-electron chi connectivity index (χ3n) is 6.84. The van der Waals surface area contributed by atoms with Crippen LogP contribution in [0.15, 0.2) is 121 Å². The highest BCUT2D eigenvalue weighted by Crippen LogP contribution is 2.37. The average molecular weight is 469 g/mol. The largest absolute Gasteiger partial charge is 0.208 e. The van der Waals surface area contributed by atoms with E-state index < -0.39 is 0 Å². The first kappa shape index (κ1) is 21.5. The van der Waals surface area contributed by atoms with Gasteiger partial charge in [0.1, 0.15) is 7.85 Å². The van der Waals surface area contributed by atoms with Crippen LogP contribution in [-0.2, 0) is 0 Å². The van der Waals surface area contributed by atoms with Gasteiger partial charge in [-0.2, -0.15) is 0 Å². The Balaban J connectivity index is 1.50. The maximum atomic E-state index is 5.93. The molecular formula is C33H20BN3. The van der Waals surface area contributed by atoms with Crippen molar-refractivity contribution in [3.63, 3.8) is 0 Å². The molecule has 0 aliphatic heterocycles. The van der Waals surface area contributed by atoms with Crippen LogP contribution in [0.1, 0.15) is 0 Å². The van der Waals surface area contributed by atoms with E-state index in [1.165, 1.54) is 32.3 Å². The van der Waals surface area contributed by atoms with Gasteiger partial charge < -0.3 is 0 Å². The molecule has 1 heterocycles. The number of rotatable bonds is 3. The van der Waals surface area contributed by atoms with Crippen molar-refractivity contribution in [2.24, 2.45) is 0 Å². The van der Waals surface area contributed by atoms with E-state index in [1.54, 1.807) is 0 Å². The fourth-order valence-electron chi connectivity index (χ4n) is 5.03. The second kappa shape index (κ2) is 8.68. The molecule has 6 aromatic carbocycles. The Hall–Kier alpha value is -4.83. The van der Waals surface area contributed by atoms with Gasteiger partial charge in [0.25, 0.3) is 0 Å². The predicted molar refractivity (Wildman–Crippen MR) is 154 cm³/mol. The lowest BCUT2D eigenvalue weighted by Gasteiger charge is -2.12. The lowest BCUT2D eigenvalue weighted by atomic mass is 9.93. The number of nitrogens with zero attached hydrogens (tertiary/aromatic N) is 3. The number of hydrogen-bond donors (Lipinski definition) is 0. The Bertz CT molecular complexity index is 1900. The van der Waals surface area contributed by atoms with Gasteiger partial charge in [0.05, 0.1) is 0 Å². The zero-order valence-electron chi connectivity index (χ0n) is 20.0. The molecule has 0 saturated heterocycles. The van der Waals surface area contributed by atoms with Crippen molar-refractivity contribution >= 4 is 45.6 Å². The highest BCUT2D eigenvalue weighted by molar-refractivity contribution is 6.32. The predicted octanol–water partition coefficient (Wildman–Crippen LogP) is 7.13. The van der Waals surface area contributed by atoms with Gasteiger partial charge in [-0.05, 0) is 38.4 Å². The molecule has 0 aliphatic rings. The molecule has 3 nitrogen and oxygen atoms in total. The van der Waals surface area contributed by atoms with Gasteiger partial charge >= 0.3 is 0 Å². The van der Waals surface area contributed by atoms with Crippen molar-refractivity contribution in [3.8, 4) is 34.2 Å². The molecule has 0 amide bonds. The standard InChI is InChI=1S/C33H20BN3/c34-24-17-14-22(15-18-24)32-35-31(21-8-2-1-3-9-21)36-33(37-32)23-16-19-29-27-12-5-4-10-25(27)26-11-6-7-13-28(26)30(29)20-23/h1-20H. The molecule has 2 radical (unpaired) electrons. The molecule has 0 unspecified atom stereocenters. The molecule has 7 rings (SSSR count).